The molecule has 0 spiro atoms. The second-order valence-corrected chi connectivity index (χ2v) is 4.78. The van der Waals surface area contributed by atoms with Gasteiger partial charge in [0.05, 0.1) is 5.92 Å². The second kappa shape index (κ2) is 5.69. The molecule has 100 valence electrons. The summed E-state index contributed by atoms with van der Waals surface area (Å²) in [4.78, 5) is 23.3. The van der Waals surface area contributed by atoms with Crippen molar-refractivity contribution in [3.63, 3.8) is 0 Å². The standard InChI is InChI=1S/C15H17NO3/c1-10-6-2-5-9-13(10)16-14(17)11-7-3-4-8-12(11)15(18)19/h2-6,9,11-12H,7-8H2,1H3,(H,16,17)(H,18,19)/p-1/t11-,12-/m1/s1. The van der Waals surface area contributed by atoms with Gasteiger partial charge in [0.2, 0.25) is 5.91 Å². The highest BCUT2D eigenvalue weighted by Crippen LogP contribution is 2.27. The number of carbonyl (C=O) groups excluding carboxylic acids is 2. The van der Waals surface area contributed by atoms with Crippen LogP contribution in [0.2, 0.25) is 0 Å². The van der Waals surface area contributed by atoms with Crippen LogP contribution in [-0.2, 0) is 9.59 Å². The molecular formula is C15H16NO3-. The van der Waals surface area contributed by atoms with Gasteiger partial charge in [-0.2, -0.15) is 0 Å². The molecule has 1 aromatic rings. The van der Waals surface area contributed by atoms with Crippen LogP contribution in [0.25, 0.3) is 0 Å². The first-order valence-corrected chi connectivity index (χ1v) is 6.32. The number of anilines is 1. The molecule has 2 atom stereocenters. The van der Waals surface area contributed by atoms with Crippen molar-refractivity contribution in [2.75, 3.05) is 5.32 Å². The molecule has 0 bridgehead atoms. The Bertz CT molecular complexity index is 522. The molecular weight excluding hydrogens is 242 g/mol. The Labute approximate surface area is 112 Å². The summed E-state index contributed by atoms with van der Waals surface area (Å²) in [6.45, 7) is 1.90. The molecule has 0 fully saturated rings. The number of allylic oxidation sites excluding steroid dienone is 2. The molecule has 0 saturated heterocycles. The summed E-state index contributed by atoms with van der Waals surface area (Å²) in [7, 11) is 0. The second-order valence-electron chi connectivity index (χ2n) is 4.78. The van der Waals surface area contributed by atoms with E-state index in [9.17, 15) is 14.7 Å². The number of carboxylic acid groups (broad SMARTS) is 1. The molecule has 19 heavy (non-hydrogen) atoms. The number of hydrogen-bond acceptors (Lipinski definition) is 3. The lowest BCUT2D eigenvalue weighted by Crippen LogP contribution is -2.41. The van der Waals surface area contributed by atoms with Gasteiger partial charge in [-0.15, -0.1) is 0 Å². The van der Waals surface area contributed by atoms with Gasteiger partial charge in [0.25, 0.3) is 0 Å². The molecule has 4 nitrogen and oxygen atoms in total. The van der Waals surface area contributed by atoms with E-state index in [2.05, 4.69) is 5.32 Å². The fourth-order valence-corrected chi connectivity index (χ4v) is 2.30. The molecule has 1 N–H and O–H groups in total. The van der Waals surface area contributed by atoms with Gasteiger partial charge in [0, 0.05) is 17.6 Å². The molecule has 4 heteroatoms. The van der Waals surface area contributed by atoms with Gasteiger partial charge < -0.3 is 15.2 Å². The fraction of sp³-hybridized carbons (Fsp3) is 0.333. The van der Waals surface area contributed by atoms with Gasteiger partial charge in [0.15, 0.2) is 0 Å². The van der Waals surface area contributed by atoms with E-state index in [0.717, 1.165) is 11.3 Å². The highest BCUT2D eigenvalue weighted by atomic mass is 16.4. The van der Waals surface area contributed by atoms with Crippen molar-refractivity contribution in [1.82, 2.24) is 0 Å². The monoisotopic (exact) mass is 258 g/mol. The molecule has 1 aliphatic carbocycles. The lowest BCUT2D eigenvalue weighted by atomic mass is 9.82. The van der Waals surface area contributed by atoms with E-state index in [4.69, 9.17) is 0 Å². The molecule has 0 aliphatic heterocycles. The average Bonchev–Trinajstić information content (AvgIpc) is 2.41. The molecule has 1 aromatic carbocycles. The van der Waals surface area contributed by atoms with Crippen molar-refractivity contribution in [3.8, 4) is 0 Å². The third-order valence-electron chi connectivity index (χ3n) is 3.47. The number of aliphatic carboxylic acids is 1. The van der Waals surface area contributed by atoms with Gasteiger partial charge >= 0.3 is 0 Å². The predicted molar refractivity (Wildman–Crippen MR) is 70.2 cm³/mol. The van der Waals surface area contributed by atoms with E-state index < -0.39 is 17.8 Å². The summed E-state index contributed by atoms with van der Waals surface area (Å²) in [6.07, 6.45) is 4.43. The lowest BCUT2D eigenvalue weighted by molar-refractivity contribution is -0.313. The summed E-state index contributed by atoms with van der Waals surface area (Å²) < 4.78 is 0. The Balaban J connectivity index is 2.13. The topological polar surface area (TPSA) is 69.2 Å². The molecule has 0 heterocycles. The van der Waals surface area contributed by atoms with E-state index in [-0.39, 0.29) is 5.91 Å². The summed E-state index contributed by atoms with van der Waals surface area (Å²) in [6, 6.07) is 7.42. The first-order chi connectivity index (χ1) is 9.09. The Morgan fingerprint density at radius 2 is 1.79 bits per heavy atom. The Morgan fingerprint density at radius 1 is 1.16 bits per heavy atom. The van der Waals surface area contributed by atoms with Crippen LogP contribution in [-0.4, -0.2) is 11.9 Å². The SMILES string of the molecule is Cc1ccccc1NC(=O)[C@@H]1CC=CC[C@H]1C(=O)[O-]. The van der Waals surface area contributed by atoms with Crippen LogP contribution in [0.4, 0.5) is 5.69 Å². The van der Waals surface area contributed by atoms with E-state index >= 15 is 0 Å². The van der Waals surface area contributed by atoms with Gasteiger partial charge in [-0.3, -0.25) is 4.79 Å². The number of carbonyl (C=O) groups is 2. The summed E-state index contributed by atoms with van der Waals surface area (Å²) >= 11 is 0. The van der Waals surface area contributed by atoms with Crippen molar-refractivity contribution in [1.29, 1.82) is 0 Å². The normalized spacial score (nSPS) is 21.9. The minimum Gasteiger partial charge on any atom is -0.550 e. The van der Waals surface area contributed by atoms with E-state index in [1.165, 1.54) is 0 Å². The van der Waals surface area contributed by atoms with Crippen LogP contribution in [0.1, 0.15) is 18.4 Å². The molecule has 1 aliphatic rings. The quantitative estimate of drug-likeness (QED) is 0.830. The first kappa shape index (κ1) is 13.3. The largest absolute Gasteiger partial charge is 0.550 e. The Kier molecular flexibility index (Phi) is 4.00. The third-order valence-corrected chi connectivity index (χ3v) is 3.47. The van der Waals surface area contributed by atoms with Crippen molar-refractivity contribution < 1.29 is 14.7 Å². The van der Waals surface area contributed by atoms with Gasteiger partial charge in [-0.05, 0) is 31.4 Å². The number of nitrogens with one attached hydrogen (secondary N) is 1. The van der Waals surface area contributed by atoms with Crippen molar-refractivity contribution in [2.45, 2.75) is 19.8 Å². The molecule has 1 amide bonds. The maximum atomic E-state index is 12.2. The number of carboxylic acids is 1. The molecule has 0 aromatic heterocycles. The summed E-state index contributed by atoms with van der Waals surface area (Å²) in [5.41, 5.74) is 1.67. The zero-order chi connectivity index (χ0) is 13.8. The number of benzene rings is 1. The smallest absolute Gasteiger partial charge is 0.228 e. The minimum absolute atomic E-state index is 0.257. The predicted octanol–water partition coefficient (Wildman–Crippen LogP) is 1.27. The summed E-state index contributed by atoms with van der Waals surface area (Å²) in [5, 5.41) is 13.9. The van der Waals surface area contributed by atoms with Gasteiger partial charge in [0.1, 0.15) is 0 Å². The average molecular weight is 258 g/mol. The van der Waals surface area contributed by atoms with E-state index in [1.807, 2.05) is 31.2 Å². The van der Waals surface area contributed by atoms with Crippen LogP contribution >= 0.6 is 0 Å². The van der Waals surface area contributed by atoms with Crippen LogP contribution in [0, 0.1) is 18.8 Å². The first-order valence-electron chi connectivity index (χ1n) is 6.32. The summed E-state index contributed by atoms with van der Waals surface area (Å²) in [5.74, 6) is -2.72. The van der Waals surface area contributed by atoms with E-state index in [0.29, 0.717) is 12.8 Å². The molecule has 2 rings (SSSR count). The highest BCUT2D eigenvalue weighted by molar-refractivity contribution is 5.95. The zero-order valence-corrected chi connectivity index (χ0v) is 10.8. The van der Waals surface area contributed by atoms with Crippen molar-refractivity contribution in [3.05, 3.63) is 42.0 Å². The van der Waals surface area contributed by atoms with Crippen LogP contribution in [0.3, 0.4) is 0 Å². The van der Waals surface area contributed by atoms with Gasteiger partial charge in [-0.25, -0.2) is 0 Å². The maximum absolute atomic E-state index is 12.2. The highest BCUT2D eigenvalue weighted by Gasteiger charge is 2.29. The lowest BCUT2D eigenvalue weighted by Gasteiger charge is -2.28. The Morgan fingerprint density at radius 3 is 2.42 bits per heavy atom. The van der Waals surface area contributed by atoms with Crippen molar-refractivity contribution in [2.24, 2.45) is 11.8 Å². The fourth-order valence-electron chi connectivity index (χ4n) is 2.30. The maximum Gasteiger partial charge on any atom is 0.228 e. The minimum atomic E-state index is -1.16. The van der Waals surface area contributed by atoms with Crippen LogP contribution < -0.4 is 10.4 Å². The number of aryl methyl sites for hydroxylation is 1. The zero-order valence-electron chi connectivity index (χ0n) is 10.8. The molecule has 0 saturated carbocycles. The van der Waals surface area contributed by atoms with E-state index in [1.54, 1.807) is 12.1 Å². The van der Waals surface area contributed by atoms with Crippen LogP contribution in [0.15, 0.2) is 36.4 Å². The van der Waals surface area contributed by atoms with Crippen molar-refractivity contribution >= 4 is 17.6 Å². The molecule has 0 unspecified atom stereocenters. The van der Waals surface area contributed by atoms with Crippen LogP contribution in [0.5, 0.6) is 0 Å². The number of amides is 1. The van der Waals surface area contributed by atoms with Gasteiger partial charge in [-0.1, -0.05) is 30.4 Å². The number of para-hydroxylation sites is 1. The molecule has 0 radical (unpaired) electrons. The Hall–Kier alpha value is -2.10. The third kappa shape index (κ3) is 3.02. The number of hydrogen-bond donors (Lipinski definition) is 1. The number of rotatable bonds is 3.